The topological polar surface area (TPSA) is 108 Å². The number of carboxylic acid groups (broad SMARTS) is 1. The minimum absolute atomic E-state index is 0.0749. The van der Waals surface area contributed by atoms with Crippen LogP contribution in [0, 0.1) is 0 Å². The Hall–Kier alpha value is -1.58. The molecule has 1 aromatic carbocycles. The van der Waals surface area contributed by atoms with Gasteiger partial charge in [0.2, 0.25) is 5.91 Å². The zero-order valence-electron chi connectivity index (χ0n) is 14.1. The van der Waals surface area contributed by atoms with E-state index in [9.17, 15) is 19.8 Å². The Balaban J connectivity index is 2.32. The first-order valence-corrected chi connectivity index (χ1v) is 8.55. The quantitative estimate of drug-likeness (QED) is 0.684. The Morgan fingerprint density at radius 3 is 2.77 bits per heavy atom. The molecule has 1 heterocycles. The van der Waals surface area contributed by atoms with Crippen molar-refractivity contribution >= 4 is 35.2 Å². The maximum atomic E-state index is 11.7. The molecule has 144 valence electrons. The van der Waals surface area contributed by atoms with Crippen molar-refractivity contribution in [3.63, 3.8) is 0 Å². The number of amides is 2. The molecule has 0 radical (unpaired) electrons. The molecule has 1 aliphatic rings. The lowest BCUT2D eigenvalue weighted by Gasteiger charge is -2.36. The second-order valence-corrected chi connectivity index (χ2v) is 6.76. The molecule has 0 unspecified atom stereocenters. The molecular formula is C16H20Cl2N2O6. The van der Waals surface area contributed by atoms with Crippen molar-refractivity contribution in [1.82, 2.24) is 10.2 Å². The number of hydrogen-bond acceptors (Lipinski definition) is 5. The van der Waals surface area contributed by atoms with Gasteiger partial charge in [0.05, 0.1) is 29.7 Å². The zero-order chi connectivity index (χ0) is 19.3. The predicted molar refractivity (Wildman–Crippen MR) is 94.6 cm³/mol. The van der Waals surface area contributed by atoms with E-state index in [1.807, 2.05) is 0 Å². The maximum absolute atomic E-state index is 11.7. The fraction of sp³-hybridized carbons (Fsp3) is 0.500. The van der Waals surface area contributed by atoms with Crippen molar-refractivity contribution in [3.8, 4) is 0 Å². The van der Waals surface area contributed by atoms with Gasteiger partial charge in [-0.05, 0) is 17.7 Å². The number of β-amino-alcohol motifs (C(OH)–C–C–N with tert-alkyl or cyclic N) is 1. The third kappa shape index (κ3) is 4.99. The molecule has 1 saturated heterocycles. The van der Waals surface area contributed by atoms with Gasteiger partial charge in [-0.3, -0.25) is 4.79 Å². The number of methoxy groups -OCH3 is 1. The van der Waals surface area contributed by atoms with E-state index in [4.69, 9.17) is 32.7 Å². The lowest BCUT2D eigenvalue weighted by Crippen LogP contribution is -2.54. The monoisotopic (exact) mass is 406 g/mol. The summed E-state index contributed by atoms with van der Waals surface area (Å²) in [6, 6.07) is 4.75. The SMILES string of the molecule is COCC(=O)NC[C@@]1(O)CN(C(=O)O)CCO[C@@H]1c1ccc(Cl)c(Cl)c1. The standard InChI is InChI=1S/C16H20Cl2N2O6/c1-25-7-13(21)19-8-16(24)9-20(15(22)23)4-5-26-14(16)10-2-3-11(17)12(18)6-10/h2-3,6,14,24H,4-5,7-9H2,1H3,(H,19,21)(H,22,23)/t14-,16-/m1/s1. The van der Waals surface area contributed by atoms with E-state index in [1.165, 1.54) is 7.11 Å². The van der Waals surface area contributed by atoms with Gasteiger partial charge in [0, 0.05) is 13.7 Å². The lowest BCUT2D eigenvalue weighted by atomic mass is 9.90. The van der Waals surface area contributed by atoms with Gasteiger partial charge in [-0.25, -0.2) is 4.79 Å². The van der Waals surface area contributed by atoms with Crippen LogP contribution in [0.1, 0.15) is 11.7 Å². The van der Waals surface area contributed by atoms with E-state index in [2.05, 4.69) is 5.32 Å². The van der Waals surface area contributed by atoms with Crippen LogP contribution in [0.5, 0.6) is 0 Å². The molecular weight excluding hydrogens is 387 g/mol. The molecule has 0 aromatic heterocycles. The van der Waals surface area contributed by atoms with Crippen LogP contribution in [0.15, 0.2) is 18.2 Å². The van der Waals surface area contributed by atoms with Crippen molar-refractivity contribution in [2.45, 2.75) is 11.7 Å². The number of nitrogens with one attached hydrogen (secondary N) is 1. The van der Waals surface area contributed by atoms with Crippen LogP contribution in [0.2, 0.25) is 10.0 Å². The van der Waals surface area contributed by atoms with Crippen LogP contribution >= 0.6 is 23.2 Å². The largest absolute Gasteiger partial charge is 0.465 e. The van der Waals surface area contributed by atoms with Gasteiger partial charge < -0.3 is 29.9 Å². The first kappa shape index (κ1) is 20.7. The number of rotatable bonds is 5. The summed E-state index contributed by atoms with van der Waals surface area (Å²) >= 11 is 12.0. The van der Waals surface area contributed by atoms with Gasteiger partial charge in [-0.1, -0.05) is 29.3 Å². The molecule has 2 amide bonds. The van der Waals surface area contributed by atoms with Crippen LogP contribution in [0.3, 0.4) is 0 Å². The van der Waals surface area contributed by atoms with E-state index in [0.717, 1.165) is 4.90 Å². The molecule has 3 N–H and O–H groups in total. The normalized spacial score (nSPS) is 23.4. The highest BCUT2D eigenvalue weighted by molar-refractivity contribution is 6.42. The highest BCUT2D eigenvalue weighted by atomic mass is 35.5. The molecule has 8 nitrogen and oxygen atoms in total. The van der Waals surface area contributed by atoms with Crippen LogP contribution in [-0.2, 0) is 14.3 Å². The van der Waals surface area contributed by atoms with Gasteiger partial charge in [0.1, 0.15) is 18.3 Å². The Bertz CT molecular complexity index is 674. The Morgan fingerprint density at radius 1 is 1.42 bits per heavy atom. The van der Waals surface area contributed by atoms with Gasteiger partial charge in [0.15, 0.2) is 0 Å². The Kier molecular flexibility index (Phi) is 7.08. The highest BCUT2D eigenvalue weighted by Gasteiger charge is 2.44. The number of aliphatic hydroxyl groups is 1. The third-order valence-corrected chi connectivity index (χ3v) is 4.72. The predicted octanol–water partition coefficient (Wildman–Crippen LogP) is 1.54. The molecule has 2 rings (SSSR count). The fourth-order valence-electron chi connectivity index (χ4n) is 2.76. The summed E-state index contributed by atoms with van der Waals surface area (Å²) in [5.74, 6) is -0.445. The Morgan fingerprint density at radius 2 is 2.15 bits per heavy atom. The van der Waals surface area contributed by atoms with E-state index >= 15 is 0 Å². The smallest absolute Gasteiger partial charge is 0.407 e. The minimum atomic E-state index is -1.71. The van der Waals surface area contributed by atoms with Crippen LogP contribution in [-0.4, -0.2) is 72.7 Å². The summed E-state index contributed by atoms with van der Waals surface area (Å²) in [4.78, 5) is 24.1. The second-order valence-electron chi connectivity index (χ2n) is 5.94. The summed E-state index contributed by atoms with van der Waals surface area (Å²) in [6.07, 6.45) is -2.10. The summed E-state index contributed by atoms with van der Waals surface area (Å²) in [5, 5.41) is 23.7. The number of carbonyl (C=O) groups excluding carboxylic acids is 1. The second kappa shape index (κ2) is 8.88. The zero-order valence-corrected chi connectivity index (χ0v) is 15.6. The van der Waals surface area contributed by atoms with Gasteiger partial charge in [-0.15, -0.1) is 0 Å². The third-order valence-electron chi connectivity index (χ3n) is 3.98. The number of ether oxygens (including phenoxy) is 2. The van der Waals surface area contributed by atoms with Gasteiger partial charge >= 0.3 is 6.09 Å². The van der Waals surface area contributed by atoms with E-state index in [-0.39, 0.29) is 37.9 Å². The number of nitrogens with zero attached hydrogens (tertiary/aromatic N) is 1. The van der Waals surface area contributed by atoms with Crippen LogP contribution in [0.25, 0.3) is 0 Å². The first-order valence-electron chi connectivity index (χ1n) is 7.79. The summed E-state index contributed by atoms with van der Waals surface area (Å²) in [7, 11) is 1.37. The number of carbonyl (C=O) groups is 2. The molecule has 1 aliphatic heterocycles. The summed E-state index contributed by atoms with van der Waals surface area (Å²) in [6.45, 7) is -0.506. The molecule has 1 fully saturated rings. The lowest BCUT2D eigenvalue weighted by molar-refractivity contribution is -0.130. The molecule has 10 heteroatoms. The number of hydrogen-bond donors (Lipinski definition) is 3. The van der Waals surface area contributed by atoms with Crippen LogP contribution < -0.4 is 5.32 Å². The first-order chi connectivity index (χ1) is 12.3. The number of benzene rings is 1. The maximum Gasteiger partial charge on any atom is 0.407 e. The summed E-state index contributed by atoms with van der Waals surface area (Å²) < 4.78 is 10.5. The molecule has 1 aromatic rings. The molecule has 0 saturated carbocycles. The van der Waals surface area contributed by atoms with Crippen molar-refractivity contribution in [3.05, 3.63) is 33.8 Å². The number of halogens is 2. The van der Waals surface area contributed by atoms with E-state index in [1.54, 1.807) is 18.2 Å². The fourth-order valence-corrected chi connectivity index (χ4v) is 3.06. The minimum Gasteiger partial charge on any atom is -0.465 e. The summed E-state index contributed by atoms with van der Waals surface area (Å²) in [5.41, 5.74) is -1.19. The van der Waals surface area contributed by atoms with Gasteiger partial charge in [-0.2, -0.15) is 0 Å². The average molecular weight is 407 g/mol. The average Bonchev–Trinajstić information content (AvgIpc) is 2.76. The highest BCUT2D eigenvalue weighted by Crippen LogP contribution is 2.35. The van der Waals surface area contributed by atoms with E-state index in [0.29, 0.717) is 10.6 Å². The molecule has 2 atom stereocenters. The molecule has 26 heavy (non-hydrogen) atoms. The molecule has 0 aliphatic carbocycles. The van der Waals surface area contributed by atoms with Gasteiger partial charge in [0.25, 0.3) is 0 Å². The van der Waals surface area contributed by atoms with Crippen LogP contribution in [0.4, 0.5) is 4.79 Å². The van der Waals surface area contributed by atoms with Crippen molar-refractivity contribution < 1.29 is 29.3 Å². The van der Waals surface area contributed by atoms with Crippen molar-refractivity contribution in [1.29, 1.82) is 0 Å². The Labute approximate surface area is 160 Å². The van der Waals surface area contributed by atoms with E-state index < -0.39 is 23.7 Å². The van der Waals surface area contributed by atoms with Crippen molar-refractivity contribution in [2.24, 2.45) is 0 Å². The van der Waals surface area contributed by atoms with Crippen molar-refractivity contribution in [2.75, 3.05) is 40.0 Å². The molecule has 0 bridgehead atoms. The molecule has 0 spiro atoms.